The number of rotatable bonds is 3. The highest BCUT2D eigenvalue weighted by Crippen LogP contribution is 2.45. The van der Waals surface area contributed by atoms with Gasteiger partial charge in [-0.25, -0.2) is 4.98 Å². The number of nitrogens with zero attached hydrogens (tertiary/aromatic N) is 1. The molecule has 16 heavy (non-hydrogen) atoms. The first-order valence-corrected chi connectivity index (χ1v) is 5.80. The molecule has 86 valence electrons. The molecule has 1 aliphatic rings. The minimum atomic E-state index is -0.143. The van der Waals surface area contributed by atoms with Gasteiger partial charge in [0.05, 0.1) is 0 Å². The van der Waals surface area contributed by atoms with E-state index in [1.54, 1.807) is 0 Å². The predicted molar refractivity (Wildman–Crippen MR) is 64.3 cm³/mol. The molecule has 0 bridgehead atoms. The van der Waals surface area contributed by atoms with E-state index >= 15 is 0 Å². The van der Waals surface area contributed by atoms with Crippen LogP contribution < -0.4 is 5.32 Å². The van der Waals surface area contributed by atoms with Crippen LogP contribution in [0.5, 0.6) is 0 Å². The van der Waals surface area contributed by atoms with E-state index in [0.29, 0.717) is 11.7 Å². The molecule has 2 rings (SSSR count). The Morgan fingerprint density at radius 1 is 1.44 bits per heavy atom. The number of anilines is 1. The van der Waals surface area contributed by atoms with Crippen LogP contribution in [-0.2, 0) is 4.79 Å². The summed E-state index contributed by atoms with van der Waals surface area (Å²) in [7, 11) is 0. The van der Waals surface area contributed by atoms with Crippen LogP contribution in [0.2, 0.25) is 0 Å². The number of carbonyl (C=O) groups excluding carboxylic acids is 1. The van der Waals surface area contributed by atoms with E-state index in [-0.39, 0.29) is 11.3 Å². The first-order chi connectivity index (χ1) is 7.51. The minimum Gasteiger partial charge on any atom is -0.310 e. The average molecular weight is 218 g/mol. The van der Waals surface area contributed by atoms with Crippen molar-refractivity contribution in [3.8, 4) is 0 Å². The smallest absolute Gasteiger partial charge is 0.231 e. The van der Waals surface area contributed by atoms with Crippen LogP contribution in [0, 0.1) is 5.41 Å². The summed E-state index contributed by atoms with van der Waals surface area (Å²) in [6.07, 6.45) is 1.98. The molecule has 3 heteroatoms. The van der Waals surface area contributed by atoms with Crippen molar-refractivity contribution in [2.45, 2.75) is 39.5 Å². The van der Waals surface area contributed by atoms with Gasteiger partial charge in [0.25, 0.3) is 0 Å². The second-order valence-electron chi connectivity index (χ2n) is 5.12. The second kappa shape index (κ2) is 3.89. The van der Waals surface area contributed by atoms with Gasteiger partial charge in [0, 0.05) is 11.1 Å². The van der Waals surface area contributed by atoms with Crippen LogP contribution in [0.4, 0.5) is 5.82 Å². The molecule has 0 atom stereocenters. The Bertz CT molecular complexity index is 408. The number of nitrogens with one attached hydrogen (secondary N) is 1. The highest BCUT2D eigenvalue weighted by Gasteiger charge is 2.44. The molecule has 1 heterocycles. The lowest BCUT2D eigenvalue weighted by Crippen LogP contribution is -2.22. The second-order valence-corrected chi connectivity index (χ2v) is 5.12. The lowest BCUT2D eigenvalue weighted by Gasteiger charge is -2.11. The van der Waals surface area contributed by atoms with Crippen LogP contribution in [-0.4, -0.2) is 10.9 Å². The standard InChI is InChI=1S/C13H18N2O/c1-9(2)10-5-4-6-11(14-10)15-12(16)13(3)7-8-13/h4-6,9H,7-8H2,1-3H3,(H,14,15,16). The van der Waals surface area contributed by atoms with Crippen LogP contribution in [0.1, 0.15) is 45.2 Å². The van der Waals surface area contributed by atoms with Gasteiger partial charge < -0.3 is 5.32 Å². The Kier molecular flexibility index (Phi) is 2.70. The van der Waals surface area contributed by atoms with Crippen molar-refractivity contribution in [1.29, 1.82) is 0 Å². The Morgan fingerprint density at radius 2 is 2.12 bits per heavy atom. The summed E-state index contributed by atoms with van der Waals surface area (Å²) in [5.41, 5.74) is 0.869. The topological polar surface area (TPSA) is 42.0 Å². The van der Waals surface area contributed by atoms with Gasteiger partial charge in [0.15, 0.2) is 0 Å². The van der Waals surface area contributed by atoms with Gasteiger partial charge in [0.2, 0.25) is 5.91 Å². The van der Waals surface area contributed by atoms with Crippen molar-refractivity contribution in [3.05, 3.63) is 23.9 Å². The fourth-order valence-corrected chi connectivity index (χ4v) is 1.52. The molecule has 0 spiro atoms. The quantitative estimate of drug-likeness (QED) is 0.847. The molecule has 1 aliphatic carbocycles. The Labute approximate surface area is 96.3 Å². The number of pyridine rings is 1. The minimum absolute atomic E-state index is 0.0981. The Balaban J connectivity index is 2.09. The summed E-state index contributed by atoms with van der Waals surface area (Å²) >= 11 is 0. The maximum atomic E-state index is 11.8. The van der Waals surface area contributed by atoms with Crippen molar-refractivity contribution in [2.24, 2.45) is 5.41 Å². The maximum Gasteiger partial charge on any atom is 0.231 e. The first kappa shape index (κ1) is 11.1. The molecule has 1 aromatic heterocycles. The molecule has 0 radical (unpaired) electrons. The third kappa shape index (κ3) is 2.23. The zero-order chi connectivity index (χ0) is 11.8. The molecule has 3 nitrogen and oxygen atoms in total. The number of hydrogen-bond donors (Lipinski definition) is 1. The monoisotopic (exact) mass is 218 g/mol. The van der Waals surface area contributed by atoms with Crippen molar-refractivity contribution in [3.63, 3.8) is 0 Å². The van der Waals surface area contributed by atoms with Crippen molar-refractivity contribution >= 4 is 11.7 Å². The molecule has 0 aliphatic heterocycles. The van der Waals surface area contributed by atoms with Gasteiger partial charge in [0.1, 0.15) is 5.82 Å². The molecular weight excluding hydrogens is 200 g/mol. The van der Waals surface area contributed by atoms with Crippen LogP contribution >= 0.6 is 0 Å². The normalized spacial score (nSPS) is 17.2. The molecule has 0 aromatic carbocycles. The highest BCUT2D eigenvalue weighted by atomic mass is 16.2. The van der Waals surface area contributed by atoms with Crippen molar-refractivity contribution in [1.82, 2.24) is 4.98 Å². The van der Waals surface area contributed by atoms with Crippen molar-refractivity contribution in [2.75, 3.05) is 5.32 Å². The SMILES string of the molecule is CC(C)c1cccc(NC(=O)C2(C)CC2)n1. The summed E-state index contributed by atoms with van der Waals surface area (Å²) in [5, 5.41) is 2.89. The third-order valence-corrected chi connectivity index (χ3v) is 3.15. The summed E-state index contributed by atoms with van der Waals surface area (Å²) in [6, 6.07) is 5.77. The zero-order valence-electron chi connectivity index (χ0n) is 10.1. The number of amides is 1. The van der Waals surface area contributed by atoms with E-state index in [1.807, 2.05) is 25.1 Å². The van der Waals surface area contributed by atoms with Crippen molar-refractivity contribution < 1.29 is 4.79 Å². The lowest BCUT2D eigenvalue weighted by molar-refractivity contribution is -0.120. The van der Waals surface area contributed by atoms with Gasteiger partial charge in [-0.05, 0) is 30.9 Å². The Morgan fingerprint density at radius 3 is 2.69 bits per heavy atom. The third-order valence-electron chi connectivity index (χ3n) is 3.15. The largest absolute Gasteiger partial charge is 0.310 e. The van der Waals surface area contributed by atoms with Gasteiger partial charge in [-0.2, -0.15) is 0 Å². The van der Waals surface area contributed by atoms with Crippen LogP contribution in [0.3, 0.4) is 0 Å². The van der Waals surface area contributed by atoms with E-state index in [2.05, 4.69) is 24.1 Å². The average Bonchev–Trinajstić information content (AvgIpc) is 2.98. The van der Waals surface area contributed by atoms with E-state index in [1.165, 1.54) is 0 Å². The molecule has 1 N–H and O–H groups in total. The Hall–Kier alpha value is -1.38. The van der Waals surface area contributed by atoms with Gasteiger partial charge >= 0.3 is 0 Å². The maximum absolute atomic E-state index is 11.8. The fourth-order valence-electron chi connectivity index (χ4n) is 1.52. The predicted octanol–water partition coefficient (Wildman–Crippen LogP) is 2.94. The summed E-state index contributed by atoms with van der Waals surface area (Å²) in [4.78, 5) is 16.2. The van der Waals surface area contributed by atoms with Crippen LogP contribution in [0.15, 0.2) is 18.2 Å². The highest BCUT2D eigenvalue weighted by molar-refractivity contribution is 5.96. The van der Waals surface area contributed by atoms with E-state index in [4.69, 9.17) is 0 Å². The molecule has 1 fully saturated rings. The van der Waals surface area contributed by atoms with E-state index in [9.17, 15) is 4.79 Å². The lowest BCUT2D eigenvalue weighted by atomic mass is 10.1. The van der Waals surface area contributed by atoms with Gasteiger partial charge in [-0.15, -0.1) is 0 Å². The first-order valence-electron chi connectivity index (χ1n) is 5.80. The zero-order valence-corrected chi connectivity index (χ0v) is 10.1. The fraction of sp³-hybridized carbons (Fsp3) is 0.538. The molecule has 0 saturated heterocycles. The molecule has 1 saturated carbocycles. The molecule has 0 unspecified atom stereocenters. The molecule has 1 aromatic rings. The van der Waals surface area contributed by atoms with E-state index < -0.39 is 0 Å². The van der Waals surface area contributed by atoms with E-state index in [0.717, 1.165) is 18.5 Å². The van der Waals surface area contributed by atoms with Crippen LogP contribution in [0.25, 0.3) is 0 Å². The summed E-state index contributed by atoms with van der Waals surface area (Å²) < 4.78 is 0. The number of carbonyl (C=O) groups is 1. The number of aromatic nitrogens is 1. The summed E-state index contributed by atoms with van der Waals surface area (Å²) in [6.45, 7) is 6.18. The number of hydrogen-bond acceptors (Lipinski definition) is 2. The molecule has 1 amide bonds. The molecular formula is C13H18N2O. The summed E-state index contributed by atoms with van der Waals surface area (Å²) in [5.74, 6) is 1.15. The van der Waals surface area contributed by atoms with Gasteiger partial charge in [-0.3, -0.25) is 4.79 Å². The van der Waals surface area contributed by atoms with Gasteiger partial charge in [-0.1, -0.05) is 26.8 Å².